The molecule has 1 nitrogen and oxygen atoms in total. The van der Waals surface area contributed by atoms with E-state index in [2.05, 4.69) is 46.4 Å². The Morgan fingerprint density at radius 1 is 1.17 bits per heavy atom. The van der Waals surface area contributed by atoms with Gasteiger partial charge in [0.05, 0.1) is 0 Å². The summed E-state index contributed by atoms with van der Waals surface area (Å²) < 4.78 is 1.21. The van der Waals surface area contributed by atoms with Crippen LogP contribution in [-0.4, -0.2) is 6.04 Å². The van der Waals surface area contributed by atoms with Crippen LogP contribution in [0.5, 0.6) is 0 Å². The Bertz CT molecular complexity index is 435. The molecule has 0 aromatic heterocycles. The molecule has 1 atom stereocenters. The van der Waals surface area contributed by atoms with Crippen LogP contribution in [-0.2, 0) is 0 Å². The molecule has 0 saturated heterocycles. The molecule has 1 aromatic carbocycles. The van der Waals surface area contributed by atoms with Gasteiger partial charge in [-0.25, -0.2) is 0 Å². The Hall–Kier alpha value is -0.500. The van der Waals surface area contributed by atoms with E-state index in [1.54, 1.807) is 0 Å². The average molecular weight is 308 g/mol. The minimum Gasteiger partial charge on any atom is -0.382 e. The van der Waals surface area contributed by atoms with Crippen molar-refractivity contribution < 1.29 is 0 Å². The highest BCUT2D eigenvalue weighted by Gasteiger charge is 2.46. The molecule has 18 heavy (non-hydrogen) atoms. The van der Waals surface area contributed by atoms with Gasteiger partial charge in [-0.2, -0.15) is 0 Å². The second-order valence-corrected chi connectivity index (χ2v) is 6.93. The molecule has 2 heteroatoms. The molecule has 2 fully saturated rings. The van der Waals surface area contributed by atoms with E-state index >= 15 is 0 Å². The van der Waals surface area contributed by atoms with E-state index in [1.807, 2.05) is 0 Å². The smallest absolute Gasteiger partial charge is 0.0383 e. The summed E-state index contributed by atoms with van der Waals surface area (Å²) in [5.41, 5.74) is 3.29. The lowest BCUT2D eigenvalue weighted by atomic mass is 9.57. The molecular formula is C16H22BrN. The van der Waals surface area contributed by atoms with Gasteiger partial charge in [0.2, 0.25) is 0 Å². The van der Waals surface area contributed by atoms with Crippen LogP contribution in [0.25, 0.3) is 0 Å². The van der Waals surface area contributed by atoms with Gasteiger partial charge in [0.25, 0.3) is 0 Å². The first-order valence-corrected chi connectivity index (χ1v) is 8.02. The largest absolute Gasteiger partial charge is 0.382 e. The average Bonchev–Trinajstić information content (AvgIpc) is 2.40. The third kappa shape index (κ3) is 2.09. The Balaban J connectivity index is 1.75. The zero-order chi connectivity index (χ0) is 12.6. The van der Waals surface area contributed by atoms with Crippen molar-refractivity contribution in [3.63, 3.8) is 0 Å². The molecule has 98 valence electrons. The van der Waals surface area contributed by atoms with Crippen LogP contribution in [0.4, 0.5) is 5.69 Å². The highest BCUT2D eigenvalue weighted by Crippen LogP contribution is 2.52. The Labute approximate surface area is 118 Å². The van der Waals surface area contributed by atoms with Crippen LogP contribution in [0.15, 0.2) is 22.7 Å². The zero-order valence-electron chi connectivity index (χ0n) is 11.1. The second kappa shape index (κ2) is 4.88. The Morgan fingerprint density at radius 2 is 1.94 bits per heavy atom. The van der Waals surface area contributed by atoms with E-state index in [-0.39, 0.29) is 0 Å². The van der Waals surface area contributed by atoms with Gasteiger partial charge in [-0.1, -0.05) is 41.3 Å². The van der Waals surface area contributed by atoms with Crippen molar-refractivity contribution in [2.45, 2.75) is 57.9 Å². The van der Waals surface area contributed by atoms with Gasteiger partial charge in [-0.05, 0) is 55.7 Å². The SMILES string of the molecule is Cc1c(Br)cccc1NC1CCC12CCCCC2. The van der Waals surface area contributed by atoms with Crippen molar-refractivity contribution in [1.82, 2.24) is 0 Å². The minimum atomic E-state index is 0.632. The number of benzene rings is 1. The zero-order valence-corrected chi connectivity index (χ0v) is 12.7. The summed E-state index contributed by atoms with van der Waals surface area (Å²) in [6, 6.07) is 7.18. The van der Waals surface area contributed by atoms with E-state index in [1.165, 1.54) is 60.7 Å². The highest BCUT2D eigenvalue weighted by atomic mass is 79.9. The maximum atomic E-state index is 3.82. The first-order valence-electron chi connectivity index (χ1n) is 7.23. The standard InChI is InChI=1S/C16H22BrN/c1-12-13(17)6-5-7-14(12)18-15-8-11-16(15)9-3-2-4-10-16/h5-7,15,18H,2-4,8-11H2,1H3. The van der Waals surface area contributed by atoms with Gasteiger partial charge in [-0.3, -0.25) is 0 Å². The maximum absolute atomic E-state index is 3.82. The van der Waals surface area contributed by atoms with Crippen molar-refractivity contribution in [3.05, 3.63) is 28.2 Å². The predicted octanol–water partition coefficient (Wildman–Crippen LogP) is 5.28. The maximum Gasteiger partial charge on any atom is 0.0383 e. The lowest BCUT2D eigenvalue weighted by molar-refractivity contribution is 0.0571. The lowest BCUT2D eigenvalue weighted by Crippen LogP contribution is -2.50. The molecule has 0 bridgehead atoms. The third-order valence-electron chi connectivity index (χ3n) is 5.12. The van der Waals surface area contributed by atoms with E-state index in [0.717, 1.165) is 0 Å². The van der Waals surface area contributed by atoms with Crippen LogP contribution in [0.2, 0.25) is 0 Å². The normalized spacial score (nSPS) is 25.8. The highest BCUT2D eigenvalue weighted by molar-refractivity contribution is 9.10. The molecule has 0 heterocycles. The summed E-state index contributed by atoms with van der Waals surface area (Å²) in [7, 11) is 0. The molecule has 3 rings (SSSR count). The van der Waals surface area contributed by atoms with Crippen LogP contribution in [0, 0.1) is 12.3 Å². The van der Waals surface area contributed by atoms with Crippen molar-refractivity contribution >= 4 is 21.6 Å². The molecule has 0 radical (unpaired) electrons. The lowest BCUT2D eigenvalue weighted by Gasteiger charge is -2.53. The third-order valence-corrected chi connectivity index (χ3v) is 5.98. The fourth-order valence-corrected chi connectivity index (χ4v) is 4.09. The van der Waals surface area contributed by atoms with Gasteiger partial charge in [0.15, 0.2) is 0 Å². The fourth-order valence-electron chi connectivity index (χ4n) is 3.73. The van der Waals surface area contributed by atoms with E-state index in [0.29, 0.717) is 11.5 Å². The molecular weight excluding hydrogens is 286 g/mol. The van der Waals surface area contributed by atoms with Gasteiger partial charge >= 0.3 is 0 Å². The number of halogens is 1. The molecule has 2 aliphatic rings. The molecule has 1 aromatic rings. The van der Waals surface area contributed by atoms with Crippen LogP contribution in [0.1, 0.15) is 50.5 Å². The number of rotatable bonds is 2. The Morgan fingerprint density at radius 3 is 2.61 bits per heavy atom. The van der Waals surface area contributed by atoms with Crippen molar-refractivity contribution in [2.24, 2.45) is 5.41 Å². The number of anilines is 1. The fraction of sp³-hybridized carbons (Fsp3) is 0.625. The van der Waals surface area contributed by atoms with Gasteiger partial charge in [-0.15, -0.1) is 0 Å². The molecule has 1 spiro atoms. The summed E-state index contributed by atoms with van der Waals surface area (Å²) >= 11 is 3.62. The van der Waals surface area contributed by atoms with Crippen LogP contribution < -0.4 is 5.32 Å². The second-order valence-electron chi connectivity index (χ2n) is 6.07. The van der Waals surface area contributed by atoms with Crippen LogP contribution >= 0.6 is 15.9 Å². The summed E-state index contributed by atoms with van der Waals surface area (Å²) in [5.74, 6) is 0. The summed E-state index contributed by atoms with van der Waals surface area (Å²) in [6.07, 6.45) is 10.0. The first-order chi connectivity index (χ1) is 8.71. The Kier molecular flexibility index (Phi) is 3.40. The minimum absolute atomic E-state index is 0.632. The van der Waals surface area contributed by atoms with E-state index in [4.69, 9.17) is 0 Å². The summed E-state index contributed by atoms with van der Waals surface area (Å²) in [6.45, 7) is 2.19. The number of nitrogens with one attached hydrogen (secondary N) is 1. The number of hydrogen-bond donors (Lipinski definition) is 1. The van der Waals surface area contributed by atoms with Crippen molar-refractivity contribution in [2.75, 3.05) is 5.32 Å². The predicted molar refractivity (Wildman–Crippen MR) is 81.0 cm³/mol. The molecule has 1 N–H and O–H groups in total. The van der Waals surface area contributed by atoms with Crippen molar-refractivity contribution in [3.8, 4) is 0 Å². The molecule has 0 amide bonds. The van der Waals surface area contributed by atoms with Gasteiger partial charge < -0.3 is 5.32 Å². The molecule has 0 aliphatic heterocycles. The summed E-state index contributed by atoms with van der Waals surface area (Å²) in [5, 5.41) is 3.82. The summed E-state index contributed by atoms with van der Waals surface area (Å²) in [4.78, 5) is 0. The number of hydrogen-bond acceptors (Lipinski definition) is 1. The van der Waals surface area contributed by atoms with Gasteiger partial charge in [0.1, 0.15) is 0 Å². The monoisotopic (exact) mass is 307 g/mol. The molecule has 1 unspecified atom stereocenters. The van der Waals surface area contributed by atoms with Gasteiger partial charge in [0, 0.05) is 16.2 Å². The molecule has 2 aliphatic carbocycles. The first kappa shape index (κ1) is 12.5. The van der Waals surface area contributed by atoms with Crippen LogP contribution in [0.3, 0.4) is 0 Å². The van der Waals surface area contributed by atoms with E-state index < -0.39 is 0 Å². The molecule has 2 saturated carbocycles. The quantitative estimate of drug-likeness (QED) is 0.783. The van der Waals surface area contributed by atoms with E-state index in [9.17, 15) is 0 Å². The topological polar surface area (TPSA) is 12.0 Å². The van der Waals surface area contributed by atoms with Crippen molar-refractivity contribution in [1.29, 1.82) is 0 Å².